The van der Waals surface area contributed by atoms with Crippen molar-refractivity contribution < 1.29 is 43.9 Å². The first-order valence-corrected chi connectivity index (χ1v) is 12.5. The van der Waals surface area contributed by atoms with Gasteiger partial charge in [0.1, 0.15) is 18.3 Å². The Morgan fingerprint density at radius 1 is 1.09 bits per heavy atom. The van der Waals surface area contributed by atoms with Crippen LogP contribution in [0.25, 0.3) is 0 Å². The van der Waals surface area contributed by atoms with Crippen LogP contribution < -0.4 is 0 Å². The number of carboxylic acid groups (broad SMARTS) is 1. The van der Waals surface area contributed by atoms with Crippen LogP contribution in [0.15, 0.2) is 30.3 Å². The molecule has 3 rings (SSSR count). The summed E-state index contributed by atoms with van der Waals surface area (Å²) in [5.74, 6) is -1.50. The van der Waals surface area contributed by atoms with E-state index in [1.807, 2.05) is 13.8 Å². The van der Waals surface area contributed by atoms with Gasteiger partial charge in [-0.3, -0.25) is 0 Å². The highest BCUT2D eigenvalue weighted by atomic mass is 16.7. The maximum absolute atomic E-state index is 12.9. The van der Waals surface area contributed by atoms with Crippen LogP contribution in [0.3, 0.4) is 0 Å². The molecule has 0 spiro atoms. The minimum Gasteiger partial charge on any atom is -0.479 e. The molecule has 1 aromatic rings. The molecule has 9 heteroatoms. The maximum Gasteiger partial charge on any atom is 0.338 e. The quantitative estimate of drug-likeness (QED) is 0.397. The van der Waals surface area contributed by atoms with Gasteiger partial charge >= 0.3 is 11.9 Å². The molecule has 35 heavy (non-hydrogen) atoms. The Kier molecular flexibility index (Phi) is 10.5. The van der Waals surface area contributed by atoms with Gasteiger partial charge in [-0.05, 0) is 30.4 Å². The van der Waals surface area contributed by atoms with Gasteiger partial charge in [0.15, 0.2) is 18.5 Å². The van der Waals surface area contributed by atoms with Gasteiger partial charge in [-0.15, -0.1) is 0 Å². The van der Waals surface area contributed by atoms with Crippen molar-refractivity contribution in [3.8, 4) is 0 Å². The van der Waals surface area contributed by atoms with Gasteiger partial charge in [0, 0.05) is 0 Å². The van der Waals surface area contributed by atoms with Crippen molar-refractivity contribution in [3.05, 3.63) is 35.9 Å². The molecule has 2 aliphatic rings. The largest absolute Gasteiger partial charge is 0.479 e. The molecule has 6 atom stereocenters. The van der Waals surface area contributed by atoms with Crippen LogP contribution >= 0.6 is 0 Å². The Hall–Kier alpha value is -2.04. The van der Waals surface area contributed by atoms with Crippen molar-refractivity contribution in [3.63, 3.8) is 0 Å². The normalized spacial score (nSPS) is 28.5. The first kappa shape index (κ1) is 27.5. The SMILES string of the molecule is CC(C)COC1OC(CO)C(O)C(O[C@@H](CC2CCCCC2)C(=O)O)C1OC(=O)c1ccccc1. The average Bonchev–Trinajstić information content (AvgIpc) is 2.85. The average molecular weight is 495 g/mol. The van der Waals surface area contributed by atoms with Crippen molar-refractivity contribution in [2.75, 3.05) is 13.2 Å². The van der Waals surface area contributed by atoms with Crippen LogP contribution in [0, 0.1) is 11.8 Å². The Labute approximate surface area is 206 Å². The maximum atomic E-state index is 12.9. The number of esters is 1. The molecular formula is C26H38O9. The van der Waals surface area contributed by atoms with Gasteiger partial charge in [0.25, 0.3) is 0 Å². The summed E-state index contributed by atoms with van der Waals surface area (Å²) in [6, 6.07) is 8.31. The van der Waals surface area contributed by atoms with E-state index in [0.717, 1.165) is 32.1 Å². The van der Waals surface area contributed by atoms with Crippen LogP contribution in [-0.2, 0) is 23.7 Å². The van der Waals surface area contributed by atoms with E-state index >= 15 is 0 Å². The molecule has 1 saturated carbocycles. The van der Waals surface area contributed by atoms with Gasteiger partial charge in [-0.25, -0.2) is 9.59 Å². The van der Waals surface area contributed by atoms with Gasteiger partial charge in [0.2, 0.25) is 0 Å². The number of aliphatic hydroxyl groups is 2. The topological polar surface area (TPSA) is 132 Å². The lowest BCUT2D eigenvalue weighted by Gasteiger charge is -2.44. The highest BCUT2D eigenvalue weighted by Gasteiger charge is 2.50. The summed E-state index contributed by atoms with van der Waals surface area (Å²) >= 11 is 0. The monoisotopic (exact) mass is 494 g/mol. The molecule has 1 aromatic carbocycles. The highest BCUT2D eigenvalue weighted by Crippen LogP contribution is 2.32. The first-order valence-electron chi connectivity index (χ1n) is 12.5. The molecule has 0 aromatic heterocycles. The molecule has 1 heterocycles. The third-order valence-electron chi connectivity index (χ3n) is 6.51. The minimum atomic E-state index is -1.43. The second-order valence-corrected chi connectivity index (χ2v) is 9.85. The summed E-state index contributed by atoms with van der Waals surface area (Å²) < 4.78 is 23.3. The van der Waals surface area contributed by atoms with Crippen LogP contribution in [0.1, 0.15) is 62.7 Å². The number of aliphatic carboxylic acids is 1. The van der Waals surface area contributed by atoms with Crippen LogP contribution in [0.4, 0.5) is 0 Å². The molecule has 0 amide bonds. The lowest BCUT2D eigenvalue weighted by atomic mass is 9.85. The van der Waals surface area contributed by atoms with Crippen molar-refractivity contribution in [1.82, 2.24) is 0 Å². The van der Waals surface area contributed by atoms with E-state index in [1.54, 1.807) is 30.3 Å². The summed E-state index contributed by atoms with van der Waals surface area (Å²) in [5, 5.41) is 30.7. The molecule has 5 unspecified atom stereocenters. The van der Waals surface area contributed by atoms with Crippen molar-refractivity contribution in [2.24, 2.45) is 11.8 Å². The summed E-state index contributed by atoms with van der Waals surface area (Å²) in [6.45, 7) is 3.59. The fraction of sp³-hybridized carbons (Fsp3) is 0.692. The number of carbonyl (C=O) groups excluding carboxylic acids is 1. The zero-order chi connectivity index (χ0) is 25.4. The number of carboxylic acids is 1. The van der Waals surface area contributed by atoms with E-state index in [9.17, 15) is 24.9 Å². The van der Waals surface area contributed by atoms with E-state index in [4.69, 9.17) is 18.9 Å². The van der Waals surface area contributed by atoms with Crippen LogP contribution in [0.5, 0.6) is 0 Å². The van der Waals surface area contributed by atoms with Gasteiger partial charge < -0.3 is 34.3 Å². The predicted molar refractivity (Wildman–Crippen MR) is 126 cm³/mol. The number of aliphatic hydroxyl groups excluding tert-OH is 2. The van der Waals surface area contributed by atoms with Crippen LogP contribution in [-0.4, -0.2) is 77.3 Å². The standard InChI is InChI=1S/C26H38O9/c1-16(2)15-32-26-23(35-25(31)18-11-7-4-8-12-18)22(21(28)20(14-27)34-26)33-19(24(29)30)13-17-9-5-3-6-10-17/h4,7-8,11-12,16-17,19-23,26-28H,3,5-6,9-10,13-15H2,1-2H3,(H,29,30)/t19-,20?,21?,22?,23?,26?/m0/s1. The smallest absolute Gasteiger partial charge is 0.338 e. The molecule has 1 aliphatic heterocycles. The third-order valence-corrected chi connectivity index (χ3v) is 6.51. The van der Waals surface area contributed by atoms with Crippen LogP contribution in [0.2, 0.25) is 0 Å². The summed E-state index contributed by atoms with van der Waals surface area (Å²) in [5.41, 5.74) is 0.282. The summed E-state index contributed by atoms with van der Waals surface area (Å²) in [7, 11) is 0. The molecule has 1 aliphatic carbocycles. The van der Waals surface area contributed by atoms with Crippen molar-refractivity contribution in [2.45, 2.75) is 89.2 Å². The molecule has 2 fully saturated rings. The number of hydrogen-bond donors (Lipinski definition) is 3. The van der Waals surface area contributed by atoms with E-state index in [-0.39, 0.29) is 24.0 Å². The minimum absolute atomic E-state index is 0.126. The van der Waals surface area contributed by atoms with Crippen molar-refractivity contribution >= 4 is 11.9 Å². The molecule has 0 bridgehead atoms. The number of hydrogen-bond acceptors (Lipinski definition) is 8. The fourth-order valence-corrected chi connectivity index (χ4v) is 4.64. The first-order chi connectivity index (χ1) is 16.8. The number of ether oxygens (including phenoxy) is 4. The summed E-state index contributed by atoms with van der Waals surface area (Å²) in [4.78, 5) is 25.0. The molecule has 3 N–H and O–H groups in total. The summed E-state index contributed by atoms with van der Waals surface area (Å²) in [6.07, 6.45) is -2.02. The molecule has 1 saturated heterocycles. The molecular weight excluding hydrogens is 456 g/mol. The lowest BCUT2D eigenvalue weighted by molar-refractivity contribution is -0.313. The number of rotatable bonds is 11. The molecule has 0 radical (unpaired) electrons. The Balaban J connectivity index is 1.86. The van der Waals surface area contributed by atoms with Gasteiger partial charge in [-0.2, -0.15) is 0 Å². The van der Waals surface area contributed by atoms with Gasteiger partial charge in [-0.1, -0.05) is 64.2 Å². The lowest BCUT2D eigenvalue weighted by Crippen LogP contribution is -2.62. The second-order valence-electron chi connectivity index (χ2n) is 9.85. The molecule has 9 nitrogen and oxygen atoms in total. The highest BCUT2D eigenvalue weighted by molar-refractivity contribution is 5.89. The second kappa shape index (κ2) is 13.3. The third kappa shape index (κ3) is 7.72. The fourth-order valence-electron chi connectivity index (χ4n) is 4.64. The zero-order valence-corrected chi connectivity index (χ0v) is 20.5. The van der Waals surface area contributed by atoms with Gasteiger partial charge in [0.05, 0.1) is 18.8 Å². The van der Waals surface area contributed by atoms with Crippen molar-refractivity contribution in [1.29, 1.82) is 0 Å². The van der Waals surface area contributed by atoms with E-state index in [2.05, 4.69) is 0 Å². The van der Waals surface area contributed by atoms with E-state index < -0.39 is 55.4 Å². The Bertz CT molecular complexity index is 793. The molecule has 196 valence electrons. The number of benzene rings is 1. The van der Waals surface area contributed by atoms with E-state index in [1.165, 1.54) is 0 Å². The Morgan fingerprint density at radius 3 is 2.37 bits per heavy atom. The zero-order valence-electron chi connectivity index (χ0n) is 20.5. The Morgan fingerprint density at radius 2 is 1.77 bits per heavy atom. The van der Waals surface area contributed by atoms with E-state index in [0.29, 0.717) is 6.42 Å². The number of carbonyl (C=O) groups is 2. The predicted octanol–water partition coefficient (Wildman–Crippen LogP) is 2.77.